The van der Waals surface area contributed by atoms with Gasteiger partial charge < -0.3 is 24.8 Å². The van der Waals surface area contributed by atoms with E-state index in [2.05, 4.69) is 15.6 Å². The van der Waals surface area contributed by atoms with Crippen LogP contribution >= 0.6 is 24.0 Å². The highest BCUT2D eigenvalue weighted by atomic mass is 127. The predicted octanol–water partition coefficient (Wildman–Crippen LogP) is 0.859. The van der Waals surface area contributed by atoms with Gasteiger partial charge in [0.2, 0.25) is 0 Å². The maximum absolute atomic E-state index is 5.36. The van der Waals surface area contributed by atoms with Gasteiger partial charge in [-0.15, -0.1) is 24.0 Å². The highest BCUT2D eigenvalue weighted by Gasteiger charge is 1.96. The van der Waals surface area contributed by atoms with Crippen molar-refractivity contribution >= 4 is 29.9 Å². The van der Waals surface area contributed by atoms with Crippen molar-refractivity contribution in [3.05, 3.63) is 0 Å². The third-order valence-electron chi connectivity index (χ3n) is 2.09. The van der Waals surface area contributed by atoms with Crippen molar-refractivity contribution in [3.63, 3.8) is 0 Å². The van der Waals surface area contributed by atoms with Gasteiger partial charge in [0, 0.05) is 40.5 Å². The summed E-state index contributed by atoms with van der Waals surface area (Å²) in [5, 5.41) is 6.39. The molecule has 7 heteroatoms. The average molecular weight is 389 g/mol. The lowest BCUT2D eigenvalue weighted by molar-refractivity contribution is 0.0733. The largest absolute Gasteiger partial charge is 0.385 e. The van der Waals surface area contributed by atoms with Crippen LogP contribution in [-0.4, -0.2) is 66.2 Å². The topological polar surface area (TPSA) is 64.1 Å². The van der Waals surface area contributed by atoms with Crippen LogP contribution < -0.4 is 10.6 Å². The Morgan fingerprint density at radius 1 is 1.00 bits per heavy atom. The van der Waals surface area contributed by atoms with E-state index in [-0.39, 0.29) is 24.0 Å². The van der Waals surface area contributed by atoms with Crippen molar-refractivity contribution in [1.82, 2.24) is 10.6 Å². The number of aliphatic imine (C=N–C) groups is 1. The number of halogens is 1. The first-order valence-electron chi connectivity index (χ1n) is 6.43. The maximum Gasteiger partial charge on any atom is 0.191 e. The highest BCUT2D eigenvalue weighted by Crippen LogP contribution is 1.83. The number of methoxy groups -OCH3 is 2. The molecule has 0 heterocycles. The minimum atomic E-state index is 0. The average Bonchev–Trinajstić information content (AvgIpc) is 2.38. The van der Waals surface area contributed by atoms with Crippen LogP contribution in [0.2, 0.25) is 0 Å². The van der Waals surface area contributed by atoms with Crippen molar-refractivity contribution in [2.75, 3.05) is 60.3 Å². The van der Waals surface area contributed by atoms with Gasteiger partial charge in [-0.25, -0.2) is 0 Å². The molecule has 0 aromatic heterocycles. The second kappa shape index (κ2) is 17.9. The molecule has 6 nitrogen and oxygen atoms in total. The van der Waals surface area contributed by atoms with E-state index < -0.39 is 0 Å². The Kier molecular flexibility index (Phi) is 19.9. The van der Waals surface area contributed by atoms with Crippen LogP contribution in [0.15, 0.2) is 4.99 Å². The molecule has 0 saturated carbocycles. The van der Waals surface area contributed by atoms with Crippen LogP contribution in [-0.2, 0) is 14.2 Å². The smallest absolute Gasteiger partial charge is 0.191 e. The summed E-state index contributed by atoms with van der Waals surface area (Å²) in [5.74, 6) is 0.823. The summed E-state index contributed by atoms with van der Waals surface area (Å²) in [5.41, 5.74) is 0. The highest BCUT2D eigenvalue weighted by molar-refractivity contribution is 14.0. The van der Waals surface area contributed by atoms with Gasteiger partial charge in [0.15, 0.2) is 5.96 Å². The lowest BCUT2D eigenvalue weighted by Gasteiger charge is -2.11. The van der Waals surface area contributed by atoms with Crippen LogP contribution in [0.5, 0.6) is 0 Å². The van der Waals surface area contributed by atoms with Crippen LogP contribution in [0.3, 0.4) is 0 Å². The summed E-state index contributed by atoms with van der Waals surface area (Å²) in [6, 6.07) is 0. The lowest BCUT2D eigenvalue weighted by atomic mass is 10.5. The van der Waals surface area contributed by atoms with Crippen LogP contribution in [0.1, 0.15) is 13.3 Å². The fourth-order valence-electron chi connectivity index (χ4n) is 1.23. The fraction of sp³-hybridized carbons (Fsp3) is 0.917. The molecule has 0 aliphatic rings. The quantitative estimate of drug-likeness (QED) is 0.238. The molecule has 0 rings (SSSR count). The summed E-state index contributed by atoms with van der Waals surface area (Å²) < 4.78 is 15.2. The third kappa shape index (κ3) is 15.8. The molecular formula is C12H28IN3O3. The van der Waals surface area contributed by atoms with E-state index in [1.807, 2.05) is 6.92 Å². The molecule has 0 aromatic carbocycles. The summed E-state index contributed by atoms with van der Waals surface area (Å²) in [6.07, 6.45) is 0.928. The first kappa shape index (κ1) is 21.2. The second-order valence-corrected chi connectivity index (χ2v) is 3.64. The number of guanidine groups is 1. The molecule has 0 aliphatic carbocycles. The first-order valence-corrected chi connectivity index (χ1v) is 6.43. The molecule has 2 N–H and O–H groups in total. The normalized spacial score (nSPS) is 11.0. The van der Waals surface area contributed by atoms with Crippen molar-refractivity contribution in [2.24, 2.45) is 4.99 Å². The van der Waals surface area contributed by atoms with Gasteiger partial charge in [0.25, 0.3) is 0 Å². The molecule has 0 aliphatic heterocycles. The molecule has 0 spiro atoms. The molecule has 0 unspecified atom stereocenters. The summed E-state index contributed by atoms with van der Waals surface area (Å²) >= 11 is 0. The zero-order valence-electron chi connectivity index (χ0n) is 12.2. The lowest BCUT2D eigenvalue weighted by Crippen LogP contribution is -2.39. The van der Waals surface area contributed by atoms with E-state index in [9.17, 15) is 0 Å². The summed E-state index contributed by atoms with van der Waals surface area (Å²) in [4.78, 5) is 4.42. The van der Waals surface area contributed by atoms with Gasteiger partial charge in [-0.2, -0.15) is 0 Å². The third-order valence-corrected chi connectivity index (χ3v) is 2.09. The standard InChI is InChI=1S/C12H27N3O3.HI/c1-4-13-12(14-6-5-8-16-2)15-7-9-18-11-10-17-3;/h4-11H2,1-3H3,(H2,13,14,15);1H. The Morgan fingerprint density at radius 2 is 1.74 bits per heavy atom. The number of hydrogen-bond acceptors (Lipinski definition) is 4. The maximum atomic E-state index is 5.36. The Balaban J connectivity index is 0. The minimum absolute atomic E-state index is 0. The summed E-state index contributed by atoms with van der Waals surface area (Å²) in [7, 11) is 3.36. The molecule has 0 aromatic rings. The number of nitrogens with one attached hydrogen (secondary N) is 2. The van der Waals surface area contributed by atoms with E-state index >= 15 is 0 Å². The van der Waals surface area contributed by atoms with E-state index in [0.29, 0.717) is 19.8 Å². The van der Waals surface area contributed by atoms with Gasteiger partial charge in [-0.05, 0) is 13.3 Å². The van der Waals surface area contributed by atoms with E-state index in [1.165, 1.54) is 0 Å². The van der Waals surface area contributed by atoms with Crippen LogP contribution in [0.25, 0.3) is 0 Å². The molecule has 0 bridgehead atoms. The molecular weight excluding hydrogens is 361 g/mol. The SMILES string of the molecule is CCNC(=NCCCOC)NCCOCCOC.I. The molecule has 19 heavy (non-hydrogen) atoms. The van der Waals surface area contributed by atoms with E-state index in [4.69, 9.17) is 14.2 Å². The fourth-order valence-corrected chi connectivity index (χ4v) is 1.23. The van der Waals surface area contributed by atoms with Gasteiger partial charge >= 0.3 is 0 Å². The predicted molar refractivity (Wildman–Crippen MR) is 88.6 cm³/mol. The van der Waals surface area contributed by atoms with Gasteiger partial charge in [-0.3, -0.25) is 4.99 Å². The Bertz CT molecular complexity index is 207. The Morgan fingerprint density at radius 3 is 2.37 bits per heavy atom. The number of hydrogen-bond donors (Lipinski definition) is 2. The first-order chi connectivity index (χ1) is 8.85. The van der Waals surface area contributed by atoms with Crippen molar-refractivity contribution in [2.45, 2.75) is 13.3 Å². The van der Waals surface area contributed by atoms with E-state index in [0.717, 1.165) is 38.6 Å². The molecule has 0 amide bonds. The molecule has 0 fully saturated rings. The summed E-state index contributed by atoms with van der Waals surface area (Å²) in [6.45, 7) is 7.02. The van der Waals surface area contributed by atoms with Gasteiger partial charge in [0.1, 0.15) is 0 Å². The van der Waals surface area contributed by atoms with Crippen molar-refractivity contribution in [3.8, 4) is 0 Å². The van der Waals surface area contributed by atoms with Gasteiger partial charge in [0.05, 0.1) is 19.8 Å². The molecule has 116 valence electrons. The second-order valence-electron chi connectivity index (χ2n) is 3.64. The number of nitrogens with zero attached hydrogens (tertiary/aromatic N) is 1. The minimum Gasteiger partial charge on any atom is -0.385 e. The Labute approximate surface area is 133 Å². The monoisotopic (exact) mass is 389 g/mol. The van der Waals surface area contributed by atoms with E-state index in [1.54, 1.807) is 14.2 Å². The van der Waals surface area contributed by atoms with Gasteiger partial charge in [-0.1, -0.05) is 0 Å². The number of ether oxygens (including phenoxy) is 3. The number of rotatable bonds is 11. The zero-order valence-corrected chi connectivity index (χ0v) is 14.6. The molecule has 0 radical (unpaired) electrons. The molecule has 0 atom stereocenters. The van der Waals surface area contributed by atoms with Crippen molar-refractivity contribution in [1.29, 1.82) is 0 Å². The van der Waals surface area contributed by atoms with Crippen molar-refractivity contribution < 1.29 is 14.2 Å². The Hall–Kier alpha value is -0.120. The van der Waals surface area contributed by atoms with Crippen LogP contribution in [0.4, 0.5) is 0 Å². The zero-order chi connectivity index (χ0) is 13.5. The van der Waals surface area contributed by atoms with Crippen LogP contribution in [0, 0.1) is 0 Å². The molecule has 0 saturated heterocycles.